The van der Waals surface area contributed by atoms with Crippen LogP contribution in [0, 0.1) is 5.92 Å². The number of rotatable bonds is 5. The Balaban J connectivity index is 1.49. The number of likely N-dealkylation sites (tertiary alicyclic amines) is 1. The van der Waals surface area contributed by atoms with E-state index in [1.165, 1.54) is 0 Å². The van der Waals surface area contributed by atoms with Crippen LogP contribution >= 0.6 is 0 Å². The smallest absolute Gasteiger partial charge is 0.251 e. The third kappa shape index (κ3) is 5.32. The molecule has 0 saturated carbocycles. The molecule has 3 rings (SSSR count). The van der Waals surface area contributed by atoms with E-state index in [4.69, 9.17) is 0 Å². The van der Waals surface area contributed by atoms with E-state index in [0.29, 0.717) is 17.7 Å². The van der Waals surface area contributed by atoms with E-state index in [-0.39, 0.29) is 41.3 Å². The minimum Gasteiger partial charge on any atom is -0.350 e. The van der Waals surface area contributed by atoms with Crippen LogP contribution < -0.4 is 10.6 Å². The molecule has 1 aromatic rings. The van der Waals surface area contributed by atoms with Crippen molar-refractivity contribution in [1.82, 2.24) is 10.2 Å². The van der Waals surface area contributed by atoms with Gasteiger partial charge in [-0.3, -0.25) is 14.5 Å². The van der Waals surface area contributed by atoms with Gasteiger partial charge in [0.2, 0.25) is 5.91 Å². The standard InChI is InChI=1S/C20H29N3O4S/c1-14(2)21-19(24)15-3-5-17(6-4-15)22-20(25)16-7-10-23(11-8-16)18-9-12-28(26,27)13-18/h3-6,14,16,18H,7-13H2,1-2H3,(H,21,24)(H,22,25). The zero-order valence-corrected chi connectivity index (χ0v) is 17.3. The second-order valence-corrected chi connectivity index (χ2v) is 10.3. The van der Waals surface area contributed by atoms with Crippen molar-refractivity contribution in [3.8, 4) is 0 Å². The first kappa shape index (κ1) is 20.8. The average molecular weight is 408 g/mol. The van der Waals surface area contributed by atoms with Crippen molar-refractivity contribution in [1.29, 1.82) is 0 Å². The summed E-state index contributed by atoms with van der Waals surface area (Å²) in [5.74, 6) is 0.314. The molecule has 2 fully saturated rings. The quantitative estimate of drug-likeness (QED) is 0.774. The first-order valence-corrected chi connectivity index (χ1v) is 11.7. The van der Waals surface area contributed by atoms with Gasteiger partial charge in [0.1, 0.15) is 0 Å². The van der Waals surface area contributed by atoms with E-state index >= 15 is 0 Å². The lowest BCUT2D eigenvalue weighted by molar-refractivity contribution is -0.121. The largest absolute Gasteiger partial charge is 0.350 e. The molecule has 28 heavy (non-hydrogen) atoms. The van der Waals surface area contributed by atoms with Crippen molar-refractivity contribution in [3.63, 3.8) is 0 Å². The van der Waals surface area contributed by atoms with Crippen molar-refractivity contribution >= 4 is 27.3 Å². The van der Waals surface area contributed by atoms with Gasteiger partial charge in [0.15, 0.2) is 9.84 Å². The number of nitrogens with zero attached hydrogens (tertiary/aromatic N) is 1. The summed E-state index contributed by atoms with van der Waals surface area (Å²) in [4.78, 5) is 26.8. The Morgan fingerprint density at radius 2 is 1.71 bits per heavy atom. The lowest BCUT2D eigenvalue weighted by Crippen LogP contribution is -2.44. The fraction of sp³-hybridized carbons (Fsp3) is 0.600. The summed E-state index contributed by atoms with van der Waals surface area (Å²) in [6, 6.07) is 7.07. The monoisotopic (exact) mass is 407 g/mol. The second kappa shape index (κ2) is 8.61. The third-order valence-corrected chi connectivity index (χ3v) is 7.21. The molecule has 2 aliphatic heterocycles. The molecule has 8 heteroatoms. The molecule has 1 aromatic carbocycles. The molecule has 2 aliphatic rings. The Hall–Kier alpha value is -1.93. The zero-order valence-electron chi connectivity index (χ0n) is 16.5. The number of benzene rings is 1. The minimum absolute atomic E-state index is 0.0157. The molecule has 0 radical (unpaired) electrons. The van der Waals surface area contributed by atoms with Gasteiger partial charge in [-0.1, -0.05) is 0 Å². The predicted molar refractivity (Wildman–Crippen MR) is 109 cm³/mol. The van der Waals surface area contributed by atoms with Crippen LogP contribution in [0.15, 0.2) is 24.3 Å². The fourth-order valence-electron chi connectivity index (χ4n) is 3.88. The van der Waals surface area contributed by atoms with E-state index < -0.39 is 9.84 Å². The molecule has 1 unspecified atom stereocenters. The zero-order chi connectivity index (χ0) is 20.3. The Labute approximate surface area is 166 Å². The van der Waals surface area contributed by atoms with Crippen molar-refractivity contribution in [2.75, 3.05) is 29.9 Å². The third-order valence-electron chi connectivity index (χ3n) is 5.46. The molecule has 0 bridgehead atoms. The summed E-state index contributed by atoms with van der Waals surface area (Å²) < 4.78 is 23.3. The van der Waals surface area contributed by atoms with Gasteiger partial charge >= 0.3 is 0 Å². The van der Waals surface area contributed by atoms with Gasteiger partial charge in [-0.15, -0.1) is 0 Å². The van der Waals surface area contributed by atoms with Crippen LogP contribution in [0.1, 0.15) is 43.5 Å². The van der Waals surface area contributed by atoms with Gasteiger partial charge < -0.3 is 10.6 Å². The highest BCUT2D eigenvalue weighted by molar-refractivity contribution is 7.91. The second-order valence-electron chi connectivity index (χ2n) is 8.06. The lowest BCUT2D eigenvalue weighted by atomic mass is 9.94. The van der Waals surface area contributed by atoms with E-state index in [2.05, 4.69) is 15.5 Å². The molecule has 1 atom stereocenters. The first-order valence-electron chi connectivity index (χ1n) is 9.90. The van der Waals surface area contributed by atoms with Gasteiger partial charge in [0.25, 0.3) is 5.91 Å². The van der Waals surface area contributed by atoms with Gasteiger partial charge in [-0.25, -0.2) is 8.42 Å². The molecule has 7 nitrogen and oxygen atoms in total. The minimum atomic E-state index is -2.88. The summed E-state index contributed by atoms with van der Waals surface area (Å²) in [5, 5.41) is 5.77. The van der Waals surface area contributed by atoms with E-state index in [9.17, 15) is 18.0 Å². The van der Waals surface area contributed by atoms with Crippen molar-refractivity contribution in [2.24, 2.45) is 5.92 Å². The van der Waals surface area contributed by atoms with Crippen LogP contribution in [-0.2, 0) is 14.6 Å². The highest BCUT2D eigenvalue weighted by Crippen LogP contribution is 2.25. The van der Waals surface area contributed by atoms with Crippen molar-refractivity contribution < 1.29 is 18.0 Å². The van der Waals surface area contributed by atoms with Crippen LogP contribution in [0.25, 0.3) is 0 Å². The molecule has 0 aliphatic carbocycles. The average Bonchev–Trinajstić information content (AvgIpc) is 3.01. The number of nitrogens with one attached hydrogen (secondary N) is 2. The summed E-state index contributed by atoms with van der Waals surface area (Å²) in [6.07, 6.45) is 2.17. The fourth-order valence-corrected chi connectivity index (χ4v) is 5.65. The Kier molecular flexibility index (Phi) is 6.40. The topological polar surface area (TPSA) is 95.6 Å². The lowest BCUT2D eigenvalue weighted by Gasteiger charge is -2.34. The van der Waals surface area contributed by atoms with Crippen LogP contribution in [0.5, 0.6) is 0 Å². The maximum absolute atomic E-state index is 12.6. The summed E-state index contributed by atoms with van der Waals surface area (Å²) >= 11 is 0. The highest BCUT2D eigenvalue weighted by Gasteiger charge is 2.35. The van der Waals surface area contributed by atoms with Gasteiger partial charge in [0, 0.05) is 29.3 Å². The molecule has 0 spiro atoms. The number of hydrogen-bond donors (Lipinski definition) is 2. The van der Waals surface area contributed by atoms with Crippen LogP contribution in [-0.4, -0.2) is 61.8 Å². The number of carbonyl (C=O) groups excluding carboxylic acids is 2. The highest BCUT2D eigenvalue weighted by atomic mass is 32.2. The molecular formula is C20H29N3O4S. The van der Waals surface area contributed by atoms with Crippen LogP contribution in [0.4, 0.5) is 5.69 Å². The maximum Gasteiger partial charge on any atom is 0.251 e. The normalized spacial score (nSPS) is 22.9. The molecule has 0 aromatic heterocycles. The van der Waals surface area contributed by atoms with Crippen LogP contribution in [0.2, 0.25) is 0 Å². The molecule has 2 amide bonds. The van der Waals surface area contributed by atoms with Crippen molar-refractivity contribution in [2.45, 2.75) is 45.2 Å². The van der Waals surface area contributed by atoms with Crippen molar-refractivity contribution in [3.05, 3.63) is 29.8 Å². The van der Waals surface area contributed by atoms with Gasteiger partial charge in [-0.2, -0.15) is 0 Å². The summed E-state index contributed by atoms with van der Waals surface area (Å²) in [6.45, 7) is 5.33. The Morgan fingerprint density at radius 3 is 2.25 bits per heavy atom. The summed E-state index contributed by atoms with van der Waals surface area (Å²) in [5.41, 5.74) is 1.24. The maximum atomic E-state index is 12.6. The molecule has 2 saturated heterocycles. The van der Waals surface area contributed by atoms with E-state index in [1.54, 1.807) is 24.3 Å². The number of amides is 2. The Bertz CT molecular complexity index is 812. The van der Waals surface area contributed by atoms with Gasteiger partial charge in [-0.05, 0) is 70.5 Å². The molecular weight excluding hydrogens is 378 g/mol. The SMILES string of the molecule is CC(C)NC(=O)c1ccc(NC(=O)C2CCN(C3CCS(=O)(=O)C3)CC2)cc1. The molecule has 2 heterocycles. The number of carbonyl (C=O) groups is 2. The number of sulfone groups is 1. The van der Waals surface area contributed by atoms with E-state index in [1.807, 2.05) is 13.8 Å². The Morgan fingerprint density at radius 1 is 1.07 bits per heavy atom. The van der Waals surface area contributed by atoms with E-state index in [0.717, 1.165) is 25.9 Å². The predicted octanol–water partition coefficient (Wildman–Crippen LogP) is 1.66. The van der Waals surface area contributed by atoms with Crippen LogP contribution in [0.3, 0.4) is 0 Å². The molecule has 2 N–H and O–H groups in total. The first-order chi connectivity index (χ1) is 13.2. The number of piperidine rings is 1. The number of anilines is 1. The van der Waals surface area contributed by atoms with Gasteiger partial charge in [0.05, 0.1) is 11.5 Å². The number of hydrogen-bond acceptors (Lipinski definition) is 5. The summed E-state index contributed by atoms with van der Waals surface area (Å²) in [7, 11) is -2.88. The molecule has 154 valence electrons.